The van der Waals surface area contributed by atoms with E-state index in [1.54, 1.807) is 11.3 Å². The normalized spacial score (nSPS) is 14.0. The maximum atomic E-state index is 4.31. The van der Waals surface area contributed by atoms with Gasteiger partial charge in [-0.25, -0.2) is 4.98 Å². The van der Waals surface area contributed by atoms with Gasteiger partial charge in [-0.3, -0.25) is 4.99 Å². The number of aryl methyl sites for hydroxylation is 2. The lowest BCUT2D eigenvalue weighted by molar-refractivity contribution is 0.926. The second kappa shape index (κ2) is 5.84. The molecule has 1 aromatic carbocycles. The van der Waals surface area contributed by atoms with Gasteiger partial charge in [0.25, 0.3) is 0 Å². The van der Waals surface area contributed by atoms with Gasteiger partial charge in [0.05, 0.1) is 17.7 Å². The maximum Gasteiger partial charge on any atom is 0.195 e. The van der Waals surface area contributed by atoms with Crippen LogP contribution < -0.4 is 10.6 Å². The third kappa shape index (κ3) is 3.32. The van der Waals surface area contributed by atoms with Crippen molar-refractivity contribution in [1.29, 1.82) is 0 Å². The summed E-state index contributed by atoms with van der Waals surface area (Å²) in [6.07, 6.45) is 2.04. The fourth-order valence-electron chi connectivity index (χ4n) is 2.01. The molecule has 0 amide bonds. The molecule has 0 fully saturated rings. The van der Waals surface area contributed by atoms with Crippen LogP contribution >= 0.6 is 11.3 Å². The summed E-state index contributed by atoms with van der Waals surface area (Å²) in [4.78, 5) is 8.61. The van der Waals surface area contributed by atoms with Gasteiger partial charge < -0.3 is 10.6 Å². The molecule has 0 spiro atoms. The summed E-state index contributed by atoms with van der Waals surface area (Å²) in [6.45, 7) is 1.78. The predicted molar refractivity (Wildman–Crippen MR) is 79.9 cm³/mol. The van der Waals surface area contributed by atoms with Gasteiger partial charge in [-0.2, -0.15) is 0 Å². The summed E-state index contributed by atoms with van der Waals surface area (Å²) in [5.41, 5.74) is 5.47. The van der Waals surface area contributed by atoms with Gasteiger partial charge in [-0.15, -0.1) is 11.3 Å². The molecule has 5 heteroatoms. The molecule has 2 heterocycles. The van der Waals surface area contributed by atoms with Gasteiger partial charge in [0, 0.05) is 17.6 Å². The highest BCUT2D eigenvalue weighted by Gasteiger charge is 2.04. The number of rotatable bonds is 4. The Hall–Kier alpha value is -1.88. The first kappa shape index (κ1) is 12.2. The zero-order valence-electron chi connectivity index (χ0n) is 10.6. The number of nitrogens with zero attached hydrogens (tertiary/aromatic N) is 2. The quantitative estimate of drug-likeness (QED) is 0.898. The van der Waals surface area contributed by atoms with Gasteiger partial charge in [-0.1, -0.05) is 12.1 Å². The number of aliphatic imine (C=N–C) groups is 1. The summed E-state index contributed by atoms with van der Waals surface area (Å²) >= 11 is 1.65. The fourth-order valence-corrected chi connectivity index (χ4v) is 2.60. The maximum absolute atomic E-state index is 4.31. The van der Waals surface area contributed by atoms with Crippen molar-refractivity contribution in [3.05, 3.63) is 46.4 Å². The van der Waals surface area contributed by atoms with Crippen LogP contribution in [0.15, 0.2) is 40.1 Å². The standard InChI is InChI=1S/C14H16N4S/c1-4-12(18-14-15-7-8-16-14)5-2-11(1)3-6-13-9-19-10-17-13/h1-2,4-5,9-10H,3,6-8H2,(H2,15,16,18). The molecule has 1 aliphatic heterocycles. The number of thiazole rings is 1. The Bertz CT molecular complexity index is 545. The lowest BCUT2D eigenvalue weighted by Crippen LogP contribution is -2.26. The van der Waals surface area contributed by atoms with E-state index in [-0.39, 0.29) is 0 Å². The number of hydrogen-bond donors (Lipinski definition) is 2. The van der Waals surface area contributed by atoms with Crippen LogP contribution in [0.25, 0.3) is 0 Å². The van der Waals surface area contributed by atoms with E-state index in [0.717, 1.165) is 37.6 Å². The van der Waals surface area contributed by atoms with Crippen molar-refractivity contribution in [3.63, 3.8) is 0 Å². The molecule has 0 bridgehead atoms. The van der Waals surface area contributed by atoms with Crippen molar-refractivity contribution >= 4 is 23.0 Å². The third-order valence-corrected chi connectivity index (χ3v) is 3.68. The van der Waals surface area contributed by atoms with Crippen LogP contribution in [-0.4, -0.2) is 24.0 Å². The molecule has 98 valence electrons. The smallest absolute Gasteiger partial charge is 0.195 e. The van der Waals surface area contributed by atoms with Crippen molar-refractivity contribution in [2.75, 3.05) is 18.4 Å². The van der Waals surface area contributed by atoms with Gasteiger partial charge in [-0.05, 0) is 30.5 Å². The molecule has 0 aliphatic carbocycles. The van der Waals surface area contributed by atoms with Crippen LogP contribution in [0.1, 0.15) is 11.3 Å². The first-order valence-electron chi connectivity index (χ1n) is 6.41. The van der Waals surface area contributed by atoms with E-state index in [0.29, 0.717) is 0 Å². The minimum atomic E-state index is 0.855. The average molecular weight is 272 g/mol. The number of benzene rings is 1. The molecule has 3 rings (SSSR count). The van der Waals surface area contributed by atoms with Crippen LogP contribution in [-0.2, 0) is 12.8 Å². The van der Waals surface area contributed by atoms with E-state index in [4.69, 9.17) is 0 Å². The summed E-state index contributed by atoms with van der Waals surface area (Å²) < 4.78 is 0. The van der Waals surface area contributed by atoms with E-state index in [9.17, 15) is 0 Å². The monoisotopic (exact) mass is 272 g/mol. The third-order valence-electron chi connectivity index (χ3n) is 3.04. The molecule has 0 saturated heterocycles. The van der Waals surface area contributed by atoms with E-state index >= 15 is 0 Å². The Morgan fingerprint density at radius 2 is 2.11 bits per heavy atom. The highest BCUT2D eigenvalue weighted by molar-refractivity contribution is 7.07. The van der Waals surface area contributed by atoms with Crippen LogP contribution in [0.2, 0.25) is 0 Å². The number of hydrogen-bond acceptors (Lipinski definition) is 5. The summed E-state index contributed by atoms with van der Waals surface area (Å²) in [5.74, 6) is 0.871. The van der Waals surface area contributed by atoms with E-state index in [1.807, 2.05) is 5.51 Å². The van der Waals surface area contributed by atoms with E-state index in [1.165, 1.54) is 11.3 Å². The van der Waals surface area contributed by atoms with Crippen LogP contribution in [0, 0.1) is 0 Å². The fraction of sp³-hybridized carbons (Fsp3) is 0.286. The van der Waals surface area contributed by atoms with Gasteiger partial charge in [0.2, 0.25) is 0 Å². The molecule has 1 aliphatic rings. The highest BCUT2D eigenvalue weighted by Crippen LogP contribution is 2.12. The number of guanidine groups is 1. The molecular weight excluding hydrogens is 256 g/mol. The van der Waals surface area contributed by atoms with E-state index < -0.39 is 0 Å². The number of aromatic nitrogens is 1. The Labute approximate surface area is 116 Å². The molecular formula is C14H16N4S. The molecule has 0 radical (unpaired) electrons. The second-order valence-corrected chi connectivity index (χ2v) is 5.18. The average Bonchev–Trinajstić information content (AvgIpc) is 3.11. The first-order valence-corrected chi connectivity index (χ1v) is 7.36. The van der Waals surface area contributed by atoms with Crippen molar-refractivity contribution in [2.45, 2.75) is 12.8 Å². The van der Waals surface area contributed by atoms with Crippen molar-refractivity contribution in [1.82, 2.24) is 10.3 Å². The zero-order valence-corrected chi connectivity index (χ0v) is 11.4. The largest absolute Gasteiger partial charge is 0.354 e. The lowest BCUT2D eigenvalue weighted by atomic mass is 10.1. The lowest BCUT2D eigenvalue weighted by Gasteiger charge is -2.07. The van der Waals surface area contributed by atoms with Crippen LogP contribution in [0.5, 0.6) is 0 Å². The molecule has 19 heavy (non-hydrogen) atoms. The van der Waals surface area contributed by atoms with Gasteiger partial charge in [0.15, 0.2) is 5.96 Å². The topological polar surface area (TPSA) is 49.3 Å². The van der Waals surface area contributed by atoms with Crippen molar-refractivity contribution in [2.24, 2.45) is 4.99 Å². The van der Waals surface area contributed by atoms with Gasteiger partial charge >= 0.3 is 0 Å². The Morgan fingerprint density at radius 3 is 2.79 bits per heavy atom. The molecule has 0 unspecified atom stereocenters. The second-order valence-electron chi connectivity index (χ2n) is 4.46. The molecule has 2 N–H and O–H groups in total. The van der Waals surface area contributed by atoms with Crippen molar-refractivity contribution < 1.29 is 0 Å². The Balaban J connectivity index is 1.56. The summed E-state index contributed by atoms with van der Waals surface area (Å²) in [5, 5.41) is 8.57. The molecule has 2 aromatic rings. The zero-order chi connectivity index (χ0) is 12.9. The SMILES string of the molecule is c1nc(CCc2ccc(NC3=NCCN3)cc2)cs1. The molecule has 1 aromatic heterocycles. The first-order chi connectivity index (χ1) is 9.40. The highest BCUT2D eigenvalue weighted by atomic mass is 32.1. The predicted octanol–water partition coefficient (Wildman–Crippen LogP) is 2.30. The van der Waals surface area contributed by atoms with Gasteiger partial charge in [0.1, 0.15) is 0 Å². The molecule has 0 saturated carbocycles. The summed E-state index contributed by atoms with van der Waals surface area (Å²) in [7, 11) is 0. The van der Waals surface area contributed by atoms with Crippen LogP contribution in [0.4, 0.5) is 5.69 Å². The van der Waals surface area contributed by atoms with Crippen molar-refractivity contribution in [3.8, 4) is 0 Å². The Kier molecular flexibility index (Phi) is 3.74. The number of anilines is 1. The van der Waals surface area contributed by atoms with Crippen LogP contribution in [0.3, 0.4) is 0 Å². The molecule has 4 nitrogen and oxygen atoms in total. The molecule has 0 atom stereocenters. The Morgan fingerprint density at radius 1 is 1.21 bits per heavy atom. The summed E-state index contributed by atoms with van der Waals surface area (Å²) in [6, 6.07) is 8.51. The minimum absolute atomic E-state index is 0.855. The number of nitrogens with one attached hydrogen (secondary N) is 2. The van der Waals surface area contributed by atoms with E-state index in [2.05, 4.69) is 50.3 Å². The minimum Gasteiger partial charge on any atom is -0.354 e.